The molecule has 0 aliphatic rings. The molecule has 2 aromatic carbocycles. The molecule has 0 fully saturated rings. The van der Waals surface area contributed by atoms with Crippen LogP contribution < -0.4 is 0 Å². The van der Waals surface area contributed by atoms with Gasteiger partial charge in [-0.1, -0.05) is 43.0 Å². The second-order valence-corrected chi connectivity index (χ2v) is 3.87. The molecule has 1 atom stereocenters. The molecule has 17 heavy (non-hydrogen) atoms. The molecule has 2 rings (SSSR count). The zero-order chi connectivity index (χ0) is 12.3. The van der Waals surface area contributed by atoms with Crippen LogP contribution in [-0.4, -0.2) is 5.97 Å². The van der Waals surface area contributed by atoms with Crippen molar-refractivity contribution in [3.8, 4) is 0 Å². The van der Waals surface area contributed by atoms with Crippen LogP contribution in [0.3, 0.4) is 0 Å². The number of hydrogen-bond donors (Lipinski definition) is 0. The van der Waals surface area contributed by atoms with Gasteiger partial charge in [0.25, 0.3) is 0 Å². The number of benzene rings is 2. The van der Waals surface area contributed by atoms with Crippen molar-refractivity contribution in [2.24, 2.45) is 0 Å². The van der Waals surface area contributed by atoms with Gasteiger partial charge in [-0.05, 0) is 28.5 Å². The van der Waals surface area contributed by atoms with Crippen molar-refractivity contribution in [2.75, 3.05) is 0 Å². The third-order valence-corrected chi connectivity index (χ3v) is 2.61. The van der Waals surface area contributed by atoms with Crippen LogP contribution in [0, 0.1) is 0 Å². The second-order valence-electron chi connectivity index (χ2n) is 3.87. The van der Waals surface area contributed by atoms with Crippen molar-refractivity contribution in [2.45, 2.75) is 13.0 Å². The van der Waals surface area contributed by atoms with Crippen molar-refractivity contribution in [1.82, 2.24) is 0 Å². The fraction of sp³-hybridized carbons (Fsp3) is 0.133. The van der Waals surface area contributed by atoms with E-state index in [1.807, 2.05) is 42.5 Å². The highest BCUT2D eigenvalue weighted by molar-refractivity contribution is 5.83. The Morgan fingerprint density at radius 3 is 2.59 bits per heavy atom. The minimum atomic E-state index is -0.378. The van der Waals surface area contributed by atoms with E-state index in [4.69, 9.17) is 4.74 Å². The van der Waals surface area contributed by atoms with Crippen LogP contribution in [0.2, 0.25) is 0 Å². The first kappa shape index (κ1) is 11.4. The molecule has 0 aromatic heterocycles. The summed E-state index contributed by atoms with van der Waals surface area (Å²) in [5.74, 6) is -0.303. The Balaban J connectivity index is 2.40. The van der Waals surface area contributed by atoms with Gasteiger partial charge in [0.05, 0.1) is 0 Å². The summed E-state index contributed by atoms with van der Waals surface area (Å²) in [7, 11) is 0. The predicted molar refractivity (Wildman–Crippen MR) is 68.7 cm³/mol. The lowest BCUT2D eigenvalue weighted by atomic mass is 10.0. The first-order valence-electron chi connectivity index (χ1n) is 5.49. The van der Waals surface area contributed by atoms with Gasteiger partial charge in [-0.15, -0.1) is 0 Å². The fourth-order valence-electron chi connectivity index (χ4n) is 1.82. The normalized spacial score (nSPS) is 12.1. The zero-order valence-electron chi connectivity index (χ0n) is 9.72. The smallest absolute Gasteiger partial charge is 0.303 e. The summed E-state index contributed by atoms with van der Waals surface area (Å²) in [6.07, 6.45) is 1.25. The number of ether oxygens (including phenoxy) is 1. The minimum Gasteiger partial charge on any atom is -0.453 e. The Hall–Kier alpha value is -2.09. The van der Waals surface area contributed by atoms with Crippen molar-refractivity contribution < 1.29 is 9.53 Å². The van der Waals surface area contributed by atoms with E-state index in [-0.39, 0.29) is 12.1 Å². The Bertz CT molecular complexity index is 558. The summed E-state index contributed by atoms with van der Waals surface area (Å²) >= 11 is 0. The molecule has 2 heteroatoms. The molecule has 0 aliphatic carbocycles. The van der Waals surface area contributed by atoms with Gasteiger partial charge in [0.1, 0.15) is 6.10 Å². The number of carbonyl (C=O) groups is 1. The highest BCUT2D eigenvalue weighted by Crippen LogP contribution is 2.23. The van der Waals surface area contributed by atoms with Gasteiger partial charge < -0.3 is 4.74 Å². The van der Waals surface area contributed by atoms with Crippen molar-refractivity contribution >= 4 is 16.7 Å². The molecule has 86 valence electrons. The van der Waals surface area contributed by atoms with E-state index < -0.39 is 0 Å². The number of rotatable bonds is 3. The number of hydrogen-bond acceptors (Lipinski definition) is 2. The summed E-state index contributed by atoms with van der Waals surface area (Å²) in [5.41, 5.74) is 0.939. The SMILES string of the molecule is C=C[C@@H](OC(C)=O)c1ccc2ccccc2c1. The van der Waals surface area contributed by atoms with Gasteiger partial charge in [0, 0.05) is 6.92 Å². The lowest BCUT2D eigenvalue weighted by molar-refractivity contribution is -0.144. The Morgan fingerprint density at radius 2 is 1.94 bits per heavy atom. The molecule has 0 aliphatic heterocycles. The largest absolute Gasteiger partial charge is 0.453 e. The molecule has 2 aromatic rings. The fourth-order valence-corrected chi connectivity index (χ4v) is 1.82. The zero-order valence-corrected chi connectivity index (χ0v) is 9.72. The van der Waals surface area contributed by atoms with Crippen LogP contribution in [-0.2, 0) is 9.53 Å². The van der Waals surface area contributed by atoms with E-state index in [1.165, 1.54) is 12.3 Å². The van der Waals surface area contributed by atoms with Crippen LogP contribution in [0.1, 0.15) is 18.6 Å². The maximum atomic E-state index is 11.0. The van der Waals surface area contributed by atoms with Crippen molar-refractivity contribution in [1.29, 1.82) is 0 Å². The predicted octanol–water partition coefficient (Wildman–Crippen LogP) is 3.63. The third-order valence-electron chi connectivity index (χ3n) is 2.61. The van der Waals surface area contributed by atoms with Crippen LogP contribution >= 0.6 is 0 Å². The Kier molecular flexibility index (Phi) is 3.24. The Labute approximate surface area is 101 Å². The van der Waals surface area contributed by atoms with Crippen molar-refractivity contribution in [3.63, 3.8) is 0 Å². The third kappa shape index (κ3) is 2.53. The van der Waals surface area contributed by atoms with Gasteiger partial charge in [-0.3, -0.25) is 4.79 Å². The van der Waals surface area contributed by atoms with E-state index in [0.717, 1.165) is 10.9 Å². The molecule has 0 unspecified atom stereocenters. The van der Waals surface area contributed by atoms with Crippen LogP contribution in [0.15, 0.2) is 55.1 Å². The van der Waals surface area contributed by atoms with Gasteiger partial charge >= 0.3 is 5.97 Å². The van der Waals surface area contributed by atoms with Crippen LogP contribution in [0.5, 0.6) is 0 Å². The molecule has 0 N–H and O–H groups in total. The summed E-state index contributed by atoms with van der Waals surface area (Å²) in [6, 6.07) is 14.1. The first-order valence-corrected chi connectivity index (χ1v) is 5.49. The molecule has 0 heterocycles. The standard InChI is InChI=1S/C15H14O2/c1-3-15(17-11(2)16)14-9-8-12-6-4-5-7-13(12)10-14/h3-10,15H,1H2,2H3/t15-/m1/s1. The van der Waals surface area contributed by atoms with Crippen molar-refractivity contribution in [3.05, 3.63) is 60.7 Å². The van der Waals surface area contributed by atoms with E-state index >= 15 is 0 Å². The molecule has 0 saturated carbocycles. The molecule has 0 spiro atoms. The second kappa shape index (κ2) is 4.83. The summed E-state index contributed by atoms with van der Waals surface area (Å²) < 4.78 is 5.18. The van der Waals surface area contributed by atoms with Crippen LogP contribution in [0.4, 0.5) is 0 Å². The lowest BCUT2D eigenvalue weighted by Crippen LogP contribution is -2.05. The lowest BCUT2D eigenvalue weighted by Gasteiger charge is -2.13. The van der Waals surface area contributed by atoms with E-state index in [1.54, 1.807) is 6.08 Å². The maximum Gasteiger partial charge on any atom is 0.303 e. The summed E-state index contributed by atoms with van der Waals surface area (Å²) in [4.78, 5) is 11.0. The van der Waals surface area contributed by atoms with Gasteiger partial charge in [-0.25, -0.2) is 0 Å². The molecule has 0 radical (unpaired) electrons. The number of carbonyl (C=O) groups excluding carboxylic acids is 1. The summed E-state index contributed by atoms with van der Waals surface area (Å²) in [5, 5.41) is 2.30. The topological polar surface area (TPSA) is 26.3 Å². The first-order chi connectivity index (χ1) is 8.20. The average Bonchev–Trinajstić information content (AvgIpc) is 2.35. The van der Waals surface area contributed by atoms with Gasteiger partial charge in [-0.2, -0.15) is 0 Å². The molecule has 0 bridgehead atoms. The highest BCUT2D eigenvalue weighted by atomic mass is 16.5. The van der Waals surface area contributed by atoms with E-state index in [0.29, 0.717) is 0 Å². The highest BCUT2D eigenvalue weighted by Gasteiger charge is 2.10. The monoisotopic (exact) mass is 226 g/mol. The minimum absolute atomic E-state index is 0.303. The quantitative estimate of drug-likeness (QED) is 0.590. The molecule has 2 nitrogen and oxygen atoms in total. The van der Waals surface area contributed by atoms with Gasteiger partial charge in [0.15, 0.2) is 0 Å². The average molecular weight is 226 g/mol. The summed E-state index contributed by atoms with van der Waals surface area (Å²) in [6.45, 7) is 5.09. The number of fused-ring (bicyclic) bond motifs is 1. The molecule has 0 saturated heterocycles. The van der Waals surface area contributed by atoms with E-state index in [9.17, 15) is 4.79 Å². The molecular formula is C15H14O2. The maximum absolute atomic E-state index is 11.0. The van der Waals surface area contributed by atoms with E-state index in [2.05, 4.69) is 6.58 Å². The molecular weight excluding hydrogens is 212 g/mol. The van der Waals surface area contributed by atoms with Crippen LogP contribution in [0.25, 0.3) is 10.8 Å². The Morgan fingerprint density at radius 1 is 1.24 bits per heavy atom. The number of esters is 1. The molecule has 0 amide bonds. The van der Waals surface area contributed by atoms with Gasteiger partial charge in [0.2, 0.25) is 0 Å².